The number of hydrogen-bond donors (Lipinski definition) is 2. The van der Waals surface area contributed by atoms with Crippen LogP contribution in [-0.4, -0.2) is 12.1 Å². The van der Waals surface area contributed by atoms with E-state index in [2.05, 4.69) is 62.4 Å². The molecule has 2 rings (SSSR count). The summed E-state index contributed by atoms with van der Waals surface area (Å²) in [6.45, 7) is 4.80. The Morgan fingerprint density at radius 2 is 1.14 bits per heavy atom. The van der Waals surface area contributed by atoms with Gasteiger partial charge >= 0.3 is 0 Å². The predicted octanol–water partition coefficient (Wildman–Crippen LogP) is 3.45. The molecule has 0 atom stereocenters. The number of benzene rings is 2. The molecule has 112 valence electrons. The second-order valence-electron chi connectivity index (χ2n) is 5.70. The van der Waals surface area contributed by atoms with Crippen LogP contribution in [0.3, 0.4) is 0 Å². The molecule has 0 unspecified atom stereocenters. The maximum absolute atomic E-state index is 6.87. The second kappa shape index (κ2) is 6.42. The van der Waals surface area contributed by atoms with Gasteiger partial charge in [0.1, 0.15) is 0 Å². The van der Waals surface area contributed by atoms with Gasteiger partial charge in [-0.15, -0.1) is 0 Å². The van der Waals surface area contributed by atoms with Crippen molar-refractivity contribution < 1.29 is 0 Å². The lowest BCUT2D eigenvalue weighted by molar-refractivity contribution is 0.245. The fourth-order valence-electron chi connectivity index (χ4n) is 3.48. The van der Waals surface area contributed by atoms with E-state index in [1.54, 1.807) is 0 Å². The molecule has 0 aliphatic carbocycles. The summed E-state index contributed by atoms with van der Waals surface area (Å²) in [5.74, 6) is 0. The number of hydrogen-bond acceptors (Lipinski definition) is 2. The second-order valence-corrected chi connectivity index (χ2v) is 5.70. The van der Waals surface area contributed by atoms with Crippen LogP contribution in [-0.2, 0) is 5.41 Å². The highest BCUT2D eigenvalue weighted by Crippen LogP contribution is 2.43. The summed E-state index contributed by atoms with van der Waals surface area (Å²) in [6, 6.07) is 20.9. The average Bonchev–Trinajstić information content (AvgIpc) is 2.57. The van der Waals surface area contributed by atoms with E-state index < -0.39 is 0 Å². The van der Waals surface area contributed by atoms with Crippen LogP contribution in [0.4, 0.5) is 0 Å². The highest BCUT2D eigenvalue weighted by atomic mass is 14.8. The first kappa shape index (κ1) is 15.7. The molecule has 0 amide bonds. The lowest BCUT2D eigenvalue weighted by Crippen LogP contribution is -2.61. The Kier molecular flexibility index (Phi) is 4.81. The molecule has 0 saturated heterocycles. The van der Waals surface area contributed by atoms with E-state index in [0.717, 1.165) is 12.8 Å². The third-order valence-corrected chi connectivity index (χ3v) is 4.95. The van der Waals surface area contributed by atoms with E-state index in [0.29, 0.717) is 6.54 Å². The van der Waals surface area contributed by atoms with Gasteiger partial charge < -0.3 is 11.5 Å². The van der Waals surface area contributed by atoms with Crippen molar-refractivity contribution in [1.82, 2.24) is 0 Å². The average molecular weight is 282 g/mol. The molecule has 0 aliphatic heterocycles. The Balaban J connectivity index is 2.75. The van der Waals surface area contributed by atoms with E-state index >= 15 is 0 Å². The van der Waals surface area contributed by atoms with Gasteiger partial charge in [0.25, 0.3) is 0 Å². The van der Waals surface area contributed by atoms with Crippen molar-refractivity contribution in [1.29, 1.82) is 0 Å². The summed E-state index contributed by atoms with van der Waals surface area (Å²) >= 11 is 0. The quantitative estimate of drug-likeness (QED) is 0.852. The first-order chi connectivity index (χ1) is 10.1. The summed E-state index contributed by atoms with van der Waals surface area (Å²) in [6.07, 6.45) is 1.76. The Morgan fingerprint density at radius 1 is 0.762 bits per heavy atom. The Hall–Kier alpha value is -1.64. The summed E-state index contributed by atoms with van der Waals surface area (Å²) in [4.78, 5) is 0. The zero-order chi connectivity index (χ0) is 15.3. The van der Waals surface area contributed by atoms with E-state index in [1.165, 1.54) is 11.1 Å². The molecule has 2 aromatic rings. The van der Waals surface area contributed by atoms with Gasteiger partial charge in [0.15, 0.2) is 0 Å². The summed E-state index contributed by atoms with van der Waals surface area (Å²) < 4.78 is 0. The maximum Gasteiger partial charge on any atom is 0.0503 e. The van der Waals surface area contributed by atoms with Crippen LogP contribution in [0.25, 0.3) is 0 Å². The van der Waals surface area contributed by atoms with Crippen molar-refractivity contribution in [3.05, 3.63) is 71.8 Å². The molecule has 21 heavy (non-hydrogen) atoms. The van der Waals surface area contributed by atoms with E-state index in [-0.39, 0.29) is 11.0 Å². The van der Waals surface area contributed by atoms with Crippen molar-refractivity contribution in [2.24, 2.45) is 11.5 Å². The topological polar surface area (TPSA) is 52.0 Å². The van der Waals surface area contributed by atoms with Gasteiger partial charge in [0, 0.05) is 12.1 Å². The Labute approximate surface area is 128 Å². The van der Waals surface area contributed by atoms with Crippen LogP contribution in [0.5, 0.6) is 0 Å². The Morgan fingerprint density at radius 3 is 1.43 bits per heavy atom. The first-order valence-electron chi connectivity index (χ1n) is 7.74. The zero-order valence-corrected chi connectivity index (χ0v) is 13.0. The standard InChI is InChI=1S/C19H26N2/c1-3-18(21,4-2)19(15-20,16-11-7-5-8-12-16)17-13-9-6-10-14-17/h5-14H,3-4,15,20-21H2,1-2H3. The van der Waals surface area contributed by atoms with Gasteiger partial charge in [-0.3, -0.25) is 0 Å². The van der Waals surface area contributed by atoms with Crippen molar-refractivity contribution in [3.8, 4) is 0 Å². The van der Waals surface area contributed by atoms with Gasteiger partial charge in [-0.1, -0.05) is 74.5 Å². The molecule has 0 heterocycles. The molecule has 2 aromatic carbocycles. The molecular formula is C19H26N2. The summed E-state index contributed by atoms with van der Waals surface area (Å²) in [5, 5.41) is 0. The number of rotatable bonds is 6. The van der Waals surface area contributed by atoms with Crippen LogP contribution in [0.2, 0.25) is 0 Å². The maximum atomic E-state index is 6.87. The van der Waals surface area contributed by atoms with Crippen molar-refractivity contribution in [2.75, 3.05) is 6.54 Å². The highest BCUT2D eigenvalue weighted by molar-refractivity contribution is 5.44. The highest BCUT2D eigenvalue weighted by Gasteiger charge is 2.48. The van der Waals surface area contributed by atoms with E-state index in [1.807, 2.05) is 12.1 Å². The minimum Gasteiger partial charge on any atom is -0.329 e. The summed E-state index contributed by atoms with van der Waals surface area (Å²) in [5.41, 5.74) is 14.9. The van der Waals surface area contributed by atoms with E-state index in [9.17, 15) is 0 Å². The van der Waals surface area contributed by atoms with Crippen LogP contribution in [0, 0.1) is 0 Å². The smallest absolute Gasteiger partial charge is 0.0503 e. The molecule has 0 radical (unpaired) electrons. The third-order valence-electron chi connectivity index (χ3n) is 4.95. The van der Waals surface area contributed by atoms with Crippen LogP contribution >= 0.6 is 0 Å². The van der Waals surface area contributed by atoms with Gasteiger partial charge in [-0.05, 0) is 24.0 Å². The molecule has 0 aliphatic rings. The third kappa shape index (κ3) is 2.50. The van der Waals surface area contributed by atoms with Gasteiger partial charge in [0.05, 0.1) is 5.41 Å². The molecule has 2 heteroatoms. The predicted molar refractivity (Wildman–Crippen MR) is 90.2 cm³/mol. The Bertz CT molecular complexity index is 505. The molecule has 2 nitrogen and oxygen atoms in total. The molecule has 0 aromatic heterocycles. The monoisotopic (exact) mass is 282 g/mol. The first-order valence-corrected chi connectivity index (χ1v) is 7.74. The fourth-order valence-corrected chi connectivity index (χ4v) is 3.48. The largest absolute Gasteiger partial charge is 0.329 e. The zero-order valence-electron chi connectivity index (χ0n) is 13.0. The summed E-state index contributed by atoms with van der Waals surface area (Å²) in [7, 11) is 0. The lowest BCUT2D eigenvalue weighted by atomic mass is 9.59. The van der Waals surface area contributed by atoms with Crippen LogP contribution in [0.15, 0.2) is 60.7 Å². The number of nitrogens with two attached hydrogens (primary N) is 2. The van der Waals surface area contributed by atoms with Crippen molar-refractivity contribution >= 4 is 0 Å². The molecule has 0 spiro atoms. The molecule has 0 fully saturated rings. The van der Waals surface area contributed by atoms with Gasteiger partial charge in [-0.25, -0.2) is 0 Å². The molecule has 4 N–H and O–H groups in total. The molecule has 0 saturated carbocycles. The fraction of sp³-hybridized carbons (Fsp3) is 0.368. The van der Waals surface area contributed by atoms with Crippen molar-refractivity contribution in [3.63, 3.8) is 0 Å². The van der Waals surface area contributed by atoms with Gasteiger partial charge in [0.2, 0.25) is 0 Å². The van der Waals surface area contributed by atoms with Crippen LogP contribution in [0.1, 0.15) is 37.8 Å². The minimum absolute atomic E-state index is 0.362. The molecular weight excluding hydrogens is 256 g/mol. The van der Waals surface area contributed by atoms with Crippen LogP contribution < -0.4 is 11.5 Å². The normalized spacial score (nSPS) is 12.4. The SMILES string of the molecule is CCC(N)(CC)C(CN)(c1ccccc1)c1ccccc1. The molecule has 0 bridgehead atoms. The van der Waals surface area contributed by atoms with Gasteiger partial charge in [-0.2, -0.15) is 0 Å². The lowest BCUT2D eigenvalue weighted by Gasteiger charge is -2.48. The van der Waals surface area contributed by atoms with Crippen molar-refractivity contribution in [2.45, 2.75) is 37.6 Å². The minimum atomic E-state index is -0.371. The van der Waals surface area contributed by atoms with E-state index in [4.69, 9.17) is 11.5 Å².